The summed E-state index contributed by atoms with van der Waals surface area (Å²) >= 11 is 0. The summed E-state index contributed by atoms with van der Waals surface area (Å²) in [5.41, 5.74) is 2.08. The van der Waals surface area contributed by atoms with Crippen LogP contribution in [0.15, 0.2) is 68.3 Å². The van der Waals surface area contributed by atoms with Crippen LogP contribution in [0.3, 0.4) is 0 Å². The van der Waals surface area contributed by atoms with Crippen LogP contribution in [0.4, 0.5) is 0 Å². The zero-order valence-corrected chi connectivity index (χ0v) is 14.3. The summed E-state index contributed by atoms with van der Waals surface area (Å²) in [5, 5.41) is 6.58. The average molecular weight is 364 g/mol. The number of rotatable bonds is 6. The second-order valence-corrected chi connectivity index (χ2v) is 5.97. The second-order valence-electron chi connectivity index (χ2n) is 5.97. The fraction of sp³-hybridized carbons (Fsp3) is 0.158. The van der Waals surface area contributed by atoms with E-state index in [0.717, 1.165) is 5.56 Å². The van der Waals surface area contributed by atoms with E-state index in [0.29, 0.717) is 29.2 Å². The van der Waals surface area contributed by atoms with Crippen LogP contribution in [0.1, 0.15) is 17.3 Å². The van der Waals surface area contributed by atoms with Crippen LogP contribution in [0.5, 0.6) is 0 Å². The molecule has 2 aromatic carbocycles. The van der Waals surface area contributed by atoms with Crippen molar-refractivity contribution in [3.05, 3.63) is 82.4 Å². The minimum Gasteiger partial charge on any atom is -0.408 e. The Morgan fingerprint density at radius 2 is 1.85 bits per heavy atom. The molecule has 0 aliphatic rings. The van der Waals surface area contributed by atoms with Gasteiger partial charge in [-0.1, -0.05) is 47.6 Å². The average Bonchev–Trinajstić information content (AvgIpc) is 3.25. The predicted octanol–water partition coefficient (Wildman–Crippen LogP) is 1.88. The molecule has 0 saturated heterocycles. The van der Waals surface area contributed by atoms with E-state index >= 15 is 0 Å². The van der Waals surface area contributed by atoms with Crippen molar-refractivity contribution in [1.82, 2.24) is 20.0 Å². The Morgan fingerprint density at radius 3 is 2.70 bits per heavy atom. The molecule has 136 valence electrons. The molecule has 8 heteroatoms. The van der Waals surface area contributed by atoms with E-state index in [1.165, 1.54) is 4.57 Å². The van der Waals surface area contributed by atoms with E-state index in [1.54, 1.807) is 24.3 Å². The van der Waals surface area contributed by atoms with E-state index in [2.05, 4.69) is 15.5 Å². The molecule has 27 heavy (non-hydrogen) atoms. The molecule has 0 atom stereocenters. The lowest BCUT2D eigenvalue weighted by Crippen LogP contribution is -2.30. The number of para-hydroxylation sites is 2. The van der Waals surface area contributed by atoms with Gasteiger partial charge in [-0.05, 0) is 17.7 Å². The number of carbonyl (C=O) groups is 1. The molecule has 0 spiro atoms. The van der Waals surface area contributed by atoms with Crippen molar-refractivity contribution in [3.63, 3.8) is 0 Å². The maximum absolute atomic E-state index is 12.2. The third kappa shape index (κ3) is 3.79. The first-order valence-electron chi connectivity index (χ1n) is 8.39. The van der Waals surface area contributed by atoms with E-state index in [4.69, 9.17) is 8.94 Å². The molecule has 4 aromatic rings. The largest absolute Gasteiger partial charge is 0.420 e. The molecule has 1 N–H and O–H groups in total. The topological polar surface area (TPSA) is 103 Å². The summed E-state index contributed by atoms with van der Waals surface area (Å²) in [4.78, 5) is 28.3. The summed E-state index contributed by atoms with van der Waals surface area (Å²) in [5.74, 6) is -0.0815. The Kier molecular flexibility index (Phi) is 4.52. The van der Waals surface area contributed by atoms with Crippen LogP contribution in [-0.4, -0.2) is 20.6 Å². The highest BCUT2D eigenvalue weighted by atomic mass is 16.5. The van der Waals surface area contributed by atoms with Gasteiger partial charge >= 0.3 is 5.76 Å². The van der Waals surface area contributed by atoms with Crippen molar-refractivity contribution >= 4 is 17.0 Å². The van der Waals surface area contributed by atoms with Gasteiger partial charge in [0.1, 0.15) is 6.54 Å². The fourth-order valence-electron chi connectivity index (χ4n) is 2.75. The molecule has 2 aromatic heterocycles. The smallest absolute Gasteiger partial charge is 0.408 e. The molecule has 8 nitrogen and oxygen atoms in total. The zero-order chi connectivity index (χ0) is 18.6. The molecule has 0 saturated carbocycles. The number of aromatic nitrogens is 3. The van der Waals surface area contributed by atoms with Crippen LogP contribution in [0.25, 0.3) is 11.1 Å². The van der Waals surface area contributed by atoms with Gasteiger partial charge in [0.25, 0.3) is 0 Å². The Hall–Kier alpha value is -3.68. The number of benzene rings is 2. The lowest BCUT2D eigenvalue weighted by atomic mass is 10.1. The monoisotopic (exact) mass is 364 g/mol. The van der Waals surface area contributed by atoms with Gasteiger partial charge in [0.15, 0.2) is 11.4 Å². The molecule has 4 rings (SSSR count). The Labute approximate surface area is 153 Å². The molecular weight excluding hydrogens is 348 g/mol. The summed E-state index contributed by atoms with van der Waals surface area (Å²) < 4.78 is 11.5. The molecular formula is C19H16N4O4. The molecule has 0 aliphatic carbocycles. The summed E-state index contributed by atoms with van der Waals surface area (Å²) in [6, 6.07) is 16.7. The van der Waals surface area contributed by atoms with Gasteiger partial charge in [0.2, 0.25) is 11.8 Å². The number of fused-ring (bicyclic) bond motifs is 1. The van der Waals surface area contributed by atoms with E-state index in [-0.39, 0.29) is 19.0 Å². The van der Waals surface area contributed by atoms with Gasteiger partial charge in [0, 0.05) is 6.42 Å². The summed E-state index contributed by atoms with van der Waals surface area (Å²) in [6.45, 7) is -0.0635. The van der Waals surface area contributed by atoms with Gasteiger partial charge in [-0.2, -0.15) is 4.98 Å². The molecule has 0 aliphatic heterocycles. The van der Waals surface area contributed by atoms with Crippen LogP contribution in [-0.2, 0) is 24.3 Å². The number of hydrogen-bond donors (Lipinski definition) is 1. The molecule has 0 fully saturated rings. The standard InChI is InChI=1S/C19H16N4O4/c24-17(12-23-14-8-4-5-9-15(14)26-19(23)25)20-11-18-21-16(22-27-18)10-13-6-2-1-3-7-13/h1-9H,10-12H2,(H,20,24). The van der Waals surface area contributed by atoms with E-state index in [9.17, 15) is 9.59 Å². The van der Waals surface area contributed by atoms with Crippen molar-refractivity contribution in [1.29, 1.82) is 0 Å². The van der Waals surface area contributed by atoms with Crippen molar-refractivity contribution in [3.8, 4) is 0 Å². The van der Waals surface area contributed by atoms with Crippen molar-refractivity contribution in [2.24, 2.45) is 0 Å². The number of nitrogens with one attached hydrogen (secondary N) is 1. The maximum Gasteiger partial charge on any atom is 0.420 e. The molecule has 0 bridgehead atoms. The molecule has 2 heterocycles. The Bertz CT molecular complexity index is 1130. The molecule has 1 amide bonds. The first-order chi connectivity index (χ1) is 13.2. The van der Waals surface area contributed by atoms with Gasteiger partial charge in [-0.25, -0.2) is 4.79 Å². The minimum absolute atomic E-state index is 0.0884. The van der Waals surface area contributed by atoms with E-state index < -0.39 is 5.76 Å². The lowest BCUT2D eigenvalue weighted by molar-refractivity contribution is -0.122. The fourth-order valence-corrected chi connectivity index (χ4v) is 2.75. The quantitative estimate of drug-likeness (QED) is 0.560. The van der Waals surface area contributed by atoms with Gasteiger partial charge in [-0.3, -0.25) is 9.36 Å². The molecule has 0 radical (unpaired) electrons. The van der Waals surface area contributed by atoms with Gasteiger partial charge in [-0.15, -0.1) is 0 Å². The normalized spacial score (nSPS) is 11.0. The highest BCUT2D eigenvalue weighted by Crippen LogP contribution is 2.11. The van der Waals surface area contributed by atoms with Gasteiger partial charge in [0.05, 0.1) is 12.1 Å². The second kappa shape index (κ2) is 7.28. The Morgan fingerprint density at radius 1 is 1.07 bits per heavy atom. The van der Waals surface area contributed by atoms with Crippen LogP contribution < -0.4 is 11.1 Å². The van der Waals surface area contributed by atoms with Crippen molar-refractivity contribution in [2.45, 2.75) is 19.5 Å². The number of nitrogens with zero attached hydrogens (tertiary/aromatic N) is 3. The number of amides is 1. The summed E-state index contributed by atoms with van der Waals surface area (Å²) in [7, 11) is 0. The van der Waals surface area contributed by atoms with E-state index in [1.807, 2.05) is 30.3 Å². The summed E-state index contributed by atoms with van der Waals surface area (Å²) in [6.07, 6.45) is 0.550. The highest BCUT2D eigenvalue weighted by Gasteiger charge is 2.13. The van der Waals surface area contributed by atoms with Gasteiger partial charge < -0.3 is 14.3 Å². The minimum atomic E-state index is -0.575. The van der Waals surface area contributed by atoms with Crippen LogP contribution in [0, 0.1) is 0 Å². The first kappa shape index (κ1) is 16.8. The van der Waals surface area contributed by atoms with Crippen molar-refractivity contribution < 1.29 is 13.7 Å². The SMILES string of the molecule is O=C(Cn1c(=O)oc2ccccc21)NCc1nc(Cc2ccccc2)no1. The maximum atomic E-state index is 12.2. The van der Waals surface area contributed by atoms with Crippen LogP contribution >= 0.6 is 0 Å². The Balaban J connectivity index is 1.37. The molecule has 0 unspecified atom stereocenters. The predicted molar refractivity (Wildman–Crippen MR) is 95.9 cm³/mol. The third-order valence-electron chi connectivity index (χ3n) is 4.03. The number of carbonyl (C=O) groups excluding carboxylic acids is 1. The highest BCUT2D eigenvalue weighted by molar-refractivity contribution is 5.79. The lowest BCUT2D eigenvalue weighted by Gasteiger charge is -2.03. The first-order valence-corrected chi connectivity index (χ1v) is 8.39. The van der Waals surface area contributed by atoms with Crippen molar-refractivity contribution in [2.75, 3.05) is 0 Å². The van der Waals surface area contributed by atoms with Crippen LogP contribution in [0.2, 0.25) is 0 Å². The number of oxazole rings is 1. The number of hydrogen-bond acceptors (Lipinski definition) is 6. The third-order valence-corrected chi connectivity index (χ3v) is 4.03. The zero-order valence-electron chi connectivity index (χ0n) is 14.3.